The van der Waals surface area contributed by atoms with E-state index in [9.17, 15) is 14.4 Å². The Morgan fingerprint density at radius 1 is 0.333 bits per heavy atom. The minimum absolute atomic E-state index is 0.0943. The number of carbonyl (C=O) groups excluding carboxylic acids is 3. The van der Waals surface area contributed by atoms with E-state index in [1.54, 1.807) is 0 Å². The molecular weight excluding hydrogens is 781 g/mol. The highest BCUT2D eigenvalue weighted by atomic mass is 16.6. The maximum absolute atomic E-state index is 12.8. The predicted octanol–water partition coefficient (Wildman–Crippen LogP) is 17.2. The fourth-order valence-corrected chi connectivity index (χ4v) is 6.97. The summed E-state index contributed by atoms with van der Waals surface area (Å²) in [5.74, 6) is -0.944. The van der Waals surface area contributed by atoms with Crippen molar-refractivity contribution in [1.29, 1.82) is 0 Å². The van der Waals surface area contributed by atoms with E-state index in [1.807, 2.05) is 0 Å². The molecule has 0 aliphatic heterocycles. The molecule has 0 saturated heterocycles. The van der Waals surface area contributed by atoms with Gasteiger partial charge in [-0.1, -0.05) is 209 Å². The van der Waals surface area contributed by atoms with Gasteiger partial charge in [0.05, 0.1) is 0 Å². The zero-order chi connectivity index (χ0) is 45.8. The largest absolute Gasteiger partial charge is 0.462 e. The van der Waals surface area contributed by atoms with Crippen LogP contribution >= 0.6 is 0 Å². The van der Waals surface area contributed by atoms with Crippen LogP contribution in [0.4, 0.5) is 0 Å². The van der Waals surface area contributed by atoms with Crippen LogP contribution in [0.3, 0.4) is 0 Å². The van der Waals surface area contributed by atoms with Crippen LogP contribution in [0, 0.1) is 0 Å². The molecule has 63 heavy (non-hydrogen) atoms. The minimum atomic E-state index is -0.798. The first-order valence-corrected chi connectivity index (χ1v) is 26.1. The van der Waals surface area contributed by atoms with Gasteiger partial charge in [0.2, 0.25) is 0 Å². The normalized spacial score (nSPS) is 12.7. The third-order valence-corrected chi connectivity index (χ3v) is 10.9. The predicted molar refractivity (Wildman–Crippen MR) is 270 cm³/mol. The van der Waals surface area contributed by atoms with Gasteiger partial charge in [-0.3, -0.25) is 14.4 Å². The second kappa shape index (κ2) is 51.2. The summed E-state index contributed by atoms with van der Waals surface area (Å²) in [5, 5.41) is 0. The molecule has 360 valence electrons. The molecule has 0 heterocycles. The molecule has 0 radical (unpaired) electrons. The van der Waals surface area contributed by atoms with Crippen molar-refractivity contribution in [3.8, 4) is 0 Å². The highest BCUT2D eigenvalue weighted by molar-refractivity contribution is 5.71. The first kappa shape index (κ1) is 59.6. The summed E-state index contributed by atoms with van der Waals surface area (Å²) in [5.41, 5.74) is 0. The average Bonchev–Trinajstić information content (AvgIpc) is 3.28. The van der Waals surface area contributed by atoms with Crippen molar-refractivity contribution in [3.05, 3.63) is 85.1 Å². The van der Waals surface area contributed by atoms with Crippen molar-refractivity contribution in [3.63, 3.8) is 0 Å². The van der Waals surface area contributed by atoms with Gasteiger partial charge in [-0.2, -0.15) is 0 Å². The molecular formula is C57H96O6. The fourth-order valence-electron chi connectivity index (χ4n) is 6.97. The molecule has 0 aromatic rings. The quantitative estimate of drug-likeness (QED) is 0.0262. The SMILES string of the molecule is CC/C=C\C/C=C\C/C=C\CCCCCCCC(=O)OC[C@H](COC(=O)CCCCCCCCCCCCC)OC(=O)CCCCC/C=C\C/C=C\C/C=C\C/C=C\CCCCC. The van der Waals surface area contributed by atoms with Crippen LogP contribution in [-0.2, 0) is 28.6 Å². The third-order valence-electron chi connectivity index (χ3n) is 10.9. The fraction of sp³-hybridized carbons (Fsp3) is 0.702. The summed E-state index contributed by atoms with van der Waals surface area (Å²) >= 11 is 0. The summed E-state index contributed by atoms with van der Waals surface area (Å²) in [6.45, 7) is 6.45. The van der Waals surface area contributed by atoms with Crippen molar-refractivity contribution in [2.45, 2.75) is 245 Å². The number of rotatable bonds is 46. The van der Waals surface area contributed by atoms with Gasteiger partial charge in [-0.15, -0.1) is 0 Å². The Labute approximate surface area is 388 Å². The lowest BCUT2D eigenvalue weighted by molar-refractivity contribution is -0.167. The van der Waals surface area contributed by atoms with Crippen LogP contribution in [0.25, 0.3) is 0 Å². The van der Waals surface area contributed by atoms with E-state index >= 15 is 0 Å². The smallest absolute Gasteiger partial charge is 0.306 e. The van der Waals surface area contributed by atoms with Crippen LogP contribution in [-0.4, -0.2) is 37.2 Å². The molecule has 0 aliphatic carbocycles. The summed E-state index contributed by atoms with van der Waals surface area (Å²) in [4.78, 5) is 38.0. The van der Waals surface area contributed by atoms with E-state index in [0.29, 0.717) is 12.8 Å². The number of hydrogen-bond donors (Lipinski definition) is 0. The molecule has 1 atom stereocenters. The Hall–Kier alpha value is -3.41. The molecule has 6 heteroatoms. The van der Waals surface area contributed by atoms with E-state index in [4.69, 9.17) is 14.2 Å². The number of esters is 3. The Bertz CT molecular complexity index is 1240. The Morgan fingerprint density at radius 3 is 1.02 bits per heavy atom. The van der Waals surface area contributed by atoms with Gasteiger partial charge in [0, 0.05) is 19.3 Å². The topological polar surface area (TPSA) is 78.9 Å². The molecule has 0 fully saturated rings. The lowest BCUT2D eigenvalue weighted by Crippen LogP contribution is -2.30. The Morgan fingerprint density at radius 2 is 0.619 bits per heavy atom. The lowest BCUT2D eigenvalue weighted by atomic mass is 10.1. The maximum atomic E-state index is 12.8. The van der Waals surface area contributed by atoms with E-state index in [2.05, 4.69) is 106 Å². The van der Waals surface area contributed by atoms with Crippen molar-refractivity contribution in [1.82, 2.24) is 0 Å². The summed E-state index contributed by atoms with van der Waals surface area (Å²) in [7, 11) is 0. The average molecular weight is 877 g/mol. The van der Waals surface area contributed by atoms with E-state index in [-0.39, 0.29) is 37.5 Å². The van der Waals surface area contributed by atoms with Gasteiger partial charge in [0.1, 0.15) is 13.2 Å². The van der Waals surface area contributed by atoms with Crippen LogP contribution in [0.1, 0.15) is 239 Å². The zero-order valence-corrected chi connectivity index (χ0v) is 41.1. The van der Waals surface area contributed by atoms with Gasteiger partial charge in [0.25, 0.3) is 0 Å². The van der Waals surface area contributed by atoms with Crippen LogP contribution in [0.5, 0.6) is 0 Å². The summed E-state index contributed by atoms with van der Waals surface area (Å²) in [6.07, 6.45) is 65.6. The van der Waals surface area contributed by atoms with E-state index in [1.165, 1.54) is 77.0 Å². The first-order valence-electron chi connectivity index (χ1n) is 26.1. The van der Waals surface area contributed by atoms with Crippen molar-refractivity contribution < 1.29 is 28.6 Å². The zero-order valence-electron chi connectivity index (χ0n) is 41.1. The summed E-state index contributed by atoms with van der Waals surface area (Å²) in [6, 6.07) is 0. The van der Waals surface area contributed by atoms with Gasteiger partial charge in [-0.05, 0) is 96.3 Å². The van der Waals surface area contributed by atoms with E-state index in [0.717, 1.165) is 122 Å². The molecule has 0 unspecified atom stereocenters. The summed E-state index contributed by atoms with van der Waals surface area (Å²) < 4.78 is 16.8. The number of unbranched alkanes of at least 4 members (excludes halogenated alkanes) is 21. The van der Waals surface area contributed by atoms with Crippen molar-refractivity contribution in [2.75, 3.05) is 13.2 Å². The molecule has 0 spiro atoms. The van der Waals surface area contributed by atoms with Gasteiger partial charge in [0.15, 0.2) is 6.10 Å². The molecule has 0 N–H and O–H groups in total. The highest BCUT2D eigenvalue weighted by Crippen LogP contribution is 2.14. The molecule has 0 aliphatic rings. The lowest BCUT2D eigenvalue weighted by Gasteiger charge is -2.18. The molecule has 0 aromatic carbocycles. The standard InChI is InChI=1S/C57H96O6/c1-4-7-10-13-16-19-22-24-26-27-28-29-31-33-36-39-42-45-48-51-57(60)63-54(52-61-55(58)49-46-43-40-37-34-21-18-15-12-9-6-3)53-62-56(59)50-47-44-41-38-35-32-30-25-23-20-17-14-11-8-5-2/h8,11,16-17,19-20,24-26,28-30,33,36,54H,4-7,9-10,12-15,18,21-23,27,31-32,34-35,37-53H2,1-3H3/b11-8-,19-16-,20-17-,26-24-,29-28-,30-25-,36-33-/t54-/m0/s1. The van der Waals surface area contributed by atoms with Gasteiger partial charge < -0.3 is 14.2 Å². The van der Waals surface area contributed by atoms with Crippen LogP contribution < -0.4 is 0 Å². The third kappa shape index (κ3) is 49.5. The van der Waals surface area contributed by atoms with Crippen molar-refractivity contribution >= 4 is 17.9 Å². The molecule has 0 aromatic heterocycles. The monoisotopic (exact) mass is 877 g/mol. The second-order valence-corrected chi connectivity index (χ2v) is 17.1. The molecule has 6 nitrogen and oxygen atoms in total. The van der Waals surface area contributed by atoms with Crippen LogP contribution in [0.15, 0.2) is 85.1 Å². The number of hydrogen-bond acceptors (Lipinski definition) is 6. The number of ether oxygens (including phenoxy) is 3. The first-order chi connectivity index (χ1) is 31.0. The highest BCUT2D eigenvalue weighted by Gasteiger charge is 2.19. The number of carbonyl (C=O) groups is 3. The molecule has 0 saturated carbocycles. The molecule has 0 amide bonds. The maximum Gasteiger partial charge on any atom is 0.306 e. The Kier molecular flexibility index (Phi) is 48.5. The molecule has 0 rings (SSSR count). The number of allylic oxidation sites excluding steroid dienone is 14. The van der Waals surface area contributed by atoms with Crippen molar-refractivity contribution in [2.24, 2.45) is 0 Å². The second-order valence-electron chi connectivity index (χ2n) is 17.1. The Balaban J connectivity index is 4.46. The molecule has 0 bridgehead atoms. The van der Waals surface area contributed by atoms with Crippen LogP contribution in [0.2, 0.25) is 0 Å². The van der Waals surface area contributed by atoms with Gasteiger partial charge >= 0.3 is 17.9 Å². The van der Waals surface area contributed by atoms with Gasteiger partial charge in [-0.25, -0.2) is 0 Å². The minimum Gasteiger partial charge on any atom is -0.462 e. The van der Waals surface area contributed by atoms with E-state index < -0.39 is 6.10 Å².